The number of likely N-dealkylation sites (tertiary alicyclic amines) is 1. The molecule has 1 amide bonds. The molecule has 1 saturated heterocycles. The molecule has 0 radical (unpaired) electrons. The van der Waals surface area contributed by atoms with Gasteiger partial charge in [0.15, 0.2) is 0 Å². The Labute approximate surface area is 235 Å². The highest BCUT2D eigenvalue weighted by Gasteiger charge is 2.32. The van der Waals surface area contributed by atoms with Crippen molar-refractivity contribution in [1.82, 2.24) is 19.4 Å². The second kappa shape index (κ2) is 12.3. The van der Waals surface area contributed by atoms with Crippen molar-refractivity contribution in [1.29, 1.82) is 5.26 Å². The van der Waals surface area contributed by atoms with Gasteiger partial charge >= 0.3 is 0 Å². The zero-order valence-corrected chi connectivity index (χ0v) is 23.6. The lowest BCUT2D eigenvalue weighted by Crippen LogP contribution is -2.44. The highest BCUT2D eigenvalue weighted by atomic mass is 32.2. The molecule has 1 atom stereocenters. The molecule has 11 heteroatoms. The van der Waals surface area contributed by atoms with E-state index in [2.05, 4.69) is 16.4 Å². The van der Waals surface area contributed by atoms with E-state index in [1.165, 1.54) is 6.26 Å². The molecule has 5 rings (SSSR count). The number of fused-ring (bicyclic) bond motifs is 1. The number of rotatable bonds is 9. The summed E-state index contributed by atoms with van der Waals surface area (Å²) >= 11 is 0. The number of nitrogens with zero attached hydrogens (tertiary/aromatic N) is 5. The molecule has 10 nitrogen and oxygen atoms in total. The standard InChI is InChI=1S/C29H36N6O4S/c1-40(37,38)18-4-17-39-26-7-2-6-25-24(26)13-16-35(25)27-12-14-31-29(33-27)32-23-10-8-22(9-11-23)28(36)34-15-3-5-21(19-30)20-34/h2,6-7,12-14,16,21-23H,3-5,8-11,15,17-18,20H2,1H3,(H,31,32,33)/t21?,22-,23-. The lowest BCUT2D eigenvalue weighted by molar-refractivity contribution is -0.138. The fraction of sp³-hybridized carbons (Fsp3) is 0.517. The predicted molar refractivity (Wildman–Crippen MR) is 153 cm³/mol. The first-order valence-corrected chi connectivity index (χ1v) is 16.1. The van der Waals surface area contributed by atoms with Crippen molar-refractivity contribution >= 4 is 32.6 Å². The van der Waals surface area contributed by atoms with E-state index in [1.54, 1.807) is 6.20 Å². The molecular formula is C29H36N6O4S. The molecule has 0 spiro atoms. The molecule has 3 aromatic rings. The second-order valence-electron chi connectivity index (χ2n) is 10.9. The third-order valence-corrected chi connectivity index (χ3v) is 8.85. The molecule has 3 heterocycles. The van der Waals surface area contributed by atoms with Gasteiger partial charge in [-0.1, -0.05) is 6.07 Å². The number of nitrogens with one attached hydrogen (secondary N) is 1. The summed E-state index contributed by atoms with van der Waals surface area (Å²) in [4.78, 5) is 24.1. The average molecular weight is 565 g/mol. The van der Waals surface area contributed by atoms with Gasteiger partial charge in [-0.3, -0.25) is 4.79 Å². The van der Waals surface area contributed by atoms with E-state index >= 15 is 0 Å². The van der Waals surface area contributed by atoms with E-state index in [-0.39, 0.29) is 29.5 Å². The number of sulfone groups is 1. The Hall–Kier alpha value is -3.65. The number of nitriles is 1. The van der Waals surface area contributed by atoms with E-state index in [4.69, 9.17) is 9.72 Å². The number of ether oxygens (including phenoxy) is 1. The number of carbonyl (C=O) groups excluding carboxylic acids is 1. The van der Waals surface area contributed by atoms with Crippen LogP contribution in [-0.4, -0.2) is 71.5 Å². The van der Waals surface area contributed by atoms with Gasteiger partial charge in [-0.25, -0.2) is 13.4 Å². The second-order valence-corrected chi connectivity index (χ2v) is 13.2. The van der Waals surface area contributed by atoms with Crippen molar-refractivity contribution in [2.75, 3.05) is 37.0 Å². The van der Waals surface area contributed by atoms with Gasteiger partial charge in [0.1, 0.15) is 21.4 Å². The quantitative estimate of drug-likeness (QED) is 0.387. The Morgan fingerprint density at radius 3 is 2.77 bits per heavy atom. The summed E-state index contributed by atoms with van der Waals surface area (Å²) in [5.41, 5.74) is 0.931. The summed E-state index contributed by atoms with van der Waals surface area (Å²) in [6.45, 7) is 1.66. The number of carbonyl (C=O) groups is 1. The normalized spacial score (nSPS) is 21.6. The minimum Gasteiger partial charge on any atom is -0.493 e. The smallest absolute Gasteiger partial charge is 0.225 e. The van der Waals surface area contributed by atoms with E-state index in [0.29, 0.717) is 31.3 Å². The lowest BCUT2D eigenvalue weighted by Gasteiger charge is -2.35. The molecule has 1 aromatic carbocycles. The number of piperidine rings is 1. The molecule has 1 unspecified atom stereocenters. The molecule has 0 bridgehead atoms. The van der Waals surface area contributed by atoms with Crippen molar-refractivity contribution in [3.05, 3.63) is 42.7 Å². The number of aromatic nitrogens is 3. The van der Waals surface area contributed by atoms with Crippen LogP contribution in [0.5, 0.6) is 5.75 Å². The van der Waals surface area contributed by atoms with Gasteiger partial charge in [0.2, 0.25) is 11.9 Å². The molecule has 1 saturated carbocycles. The lowest BCUT2D eigenvalue weighted by atomic mass is 9.84. The minimum absolute atomic E-state index is 0.0248. The number of amides is 1. The van der Waals surface area contributed by atoms with Crippen molar-refractivity contribution in [3.8, 4) is 17.6 Å². The molecule has 40 heavy (non-hydrogen) atoms. The fourth-order valence-corrected chi connectivity index (χ4v) is 6.37. The number of hydrogen-bond donors (Lipinski definition) is 1. The van der Waals surface area contributed by atoms with Crippen LogP contribution in [0.2, 0.25) is 0 Å². The molecule has 1 N–H and O–H groups in total. The average Bonchev–Trinajstić information content (AvgIpc) is 3.40. The third kappa shape index (κ3) is 6.73. The molecule has 2 aromatic heterocycles. The van der Waals surface area contributed by atoms with Gasteiger partial charge < -0.3 is 19.5 Å². The first-order valence-electron chi connectivity index (χ1n) is 14.0. The van der Waals surface area contributed by atoms with Gasteiger partial charge in [0.25, 0.3) is 0 Å². The van der Waals surface area contributed by atoms with Crippen molar-refractivity contribution in [2.45, 2.75) is 51.0 Å². The minimum atomic E-state index is -3.01. The van der Waals surface area contributed by atoms with Crippen LogP contribution in [0.15, 0.2) is 42.7 Å². The maximum absolute atomic E-state index is 13.0. The Morgan fingerprint density at radius 2 is 2.00 bits per heavy atom. The van der Waals surface area contributed by atoms with Crippen LogP contribution in [0, 0.1) is 23.2 Å². The number of hydrogen-bond acceptors (Lipinski definition) is 8. The Morgan fingerprint density at radius 1 is 1.18 bits per heavy atom. The summed E-state index contributed by atoms with van der Waals surface area (Å²) in [5, 5.41) is 13.6. The van der Waals surface area contributed by atoms with Crippen molar-refractivity contribution < 1.29 is 17.9 Å². The van der Waals surface area contributed by atoms with Crippen LogP contribution in [0.3, 0.4) is 0 Å². The van der Waals surface area contributed by atoms with Crippen molar-refractivity contribution in [2.24, 2.45) is 11.8 Å². The first-order chi connectivity index (χ1) is 19.3. The van der Waals surface area contributed by atoms with E-state index in [1.807, 2.05) is 46.0 Å². The van der Waals surface area contributed by atoms with Crippen LogP contribution >= 0.6 is 0 Å². The predicted octanol–water partition coefficient (Wildman–Crippen LogP) is 3.97. The molecule has 212 valence electrons. The summed E-state index contributed by atoms with van der Waals surface area (Å²) < 4.78 is 30.7. The van der Waals surface area contributed by atoms with E-state index in [0.717, 1.165) is 61.8 Å². The maximum Gasteiger partial charge on any atom is 0.225 e. The van der Waals surface area contributed by atoms with Gasteiger partial charge in [-0.05, 0) is 69.2 Å². The molecule has 2 aliphatic rings. The highest BCUT2D eigenvalue weighted by Crippen LogP contribution is 2.31. The first kappa shape index (κ1) is 27.9. The van der Waals surface area contributed by atoms with E-state index < -0.39 is 9.84 Å². The van der Waals surface area contributed by atoms with Gasteiger partial charge in [0.05, 0.1) is 29.9 Å². The van der Waals surface area contributed by atoms with Crippen LogP contribution in [0.25, 0.3) is 16.7 Å². The molecule has 1 aliphatic heterocycles. The van der Waals surface area contributed by atoms with Crippen LogP contribution < -0.4 is 10.1 Å². The van der Waals surface area contributed by atoms with Gasteiger partial charge in [-0.15, -0.1) is 0 Å². The molecule has 1 aliphatic carbocycles. The summed E-state index contributed by atoms with van der Waals surface area (Å²) in [7, 11) is -3.01. The summed E-state index contributed by atoms with van der Waals surface area (Å²) in [5.74, 6) is 2.27. The van der Waals surface area contributed by atoms with Gasteiger partial charge in [-0.2, -0.15) is 10.2 Å². The van der Waals surface area contributed by atoms with Crippen LogP contribution in [0.4, 0.5) is 5.95 Å². The Balaban J connectivity index is 1.19. The topological polar surface area (TPSA) is 130 Å². The molecular weight excluding hydrogens is 528 g/mol. The highest BCUT2D eigenvalue weighted by molar-refractivity contribution is 7.90. The summed E-state index contributed by atoms with van der Waals surface area (Å²) in [6.07, 6.45) is 10.5. The SMILES string of the molecule is CS(=O)(=O)CCCOc1cccc2c1ccn2-c1ccnc(N[C@H]2CC[C@H](C(=O)N3CCCC(C#N)C3)CC2)n1. The number of benzene rings is 1. The number of anilines is 1. The van der Waals surface area contributed by atoms with Crippen LogP contribution in [-0.2, 0) is 14.6 Å². The fourth-order valence-electron chi connectivity index (χ4n) is 5.73. The van der Waals surface area contributed by atoms with Gasteiger partial charge in [0, 0.05) is 49.1 Å². The third-order valence-electron chi connectivity index (χ3n) is 7.82. The maximum atomic E-state index is 13.0. The Kier molecular flexibility index (Phi) is 8.54. The zero-order valence-electron chi connectivity index (χ0n) is 22.8. The van der Waals surface area contributed by atoms with E-state index in [9.17, 15) is 18.5 Å². The molecule has 2 fully saturated rings. The van der Waals surface area contributed by atoms with Crippen LogP contribution in [0.1, 0.15) is 44.9 Å². The summed E-state index contributed by atoms with van der Waals surface area (Å²) in [6, 6.07) is 12.1. The zero-order chi connectivity index (χ0) is 28.1. The largest absolute Gasteiger partial charge is 0.493 e. The van der Waals surface area contributed by atoms with Crippen molar-refractivity contribution in [3.63, 3.8) is 0 Å². The Bertz CT molecular complexity index is 1490. The monoisotopic (exact) mass is 564 g/mol.